The molecule has 0 bridgehead atoms. The zero-order valence-electron chi connectivity index (χ0n) is 17.2. The number of rotatable bonds is 9. The van der Waals surface area contributed by atoms with Crippen molar-refractivity contribution < 1.29 is 9.15 Å². The van der Waals surface area contributed by atoms with Gasteiger partial charge < -0.3 is 19.8 Å². The lowest BCUT2D eigenvalue weighted by Gasteiger charge is -2.26. The molecule has 6 nitrogen and oxygen atoms in total. The number of ether oxygens (including phenoxy) is 1. The quantitative estimate of drug-likeness (QED) is 0.234. The summed E-state index contributed by atoms with van der Waals surface area (Å²) < 4.78 is 10.8. The molecule has 7 heteroatoms. The molecule has 0 spiro atoms. The van der Waals surface area contributed by atoms with Gasteiger partial charge in [0.1, 0.15) is 5.76 Å². The monoisotopic (exact) mass is 512 g/mol. The Morgan fingerprint density at radius 1 is 1.07 bits per heavy atom. The van der Waals surface area contributed by atoms with Crippen LogP contribution in [0.3, 0.4) is 0 Å². The van der Waals surface area contributed by atoms with E-state index in [1.165, 1.54) is 11.1 Å². The Hall–Kier alpha value is -1.58. The number of guanidine groups is 1. The summed E-state index contributed by atoms with van der Waals surface area (Å²) in [5.41, 5.74) is 2.48. The maximum absolute atomic E-state index is 5.41. The van der Waals surface area contributed by atoms with Crippen molar-refractivity contribution in [1.82, 2.24) is 15.5 Å². The number of hydrogen-bond acceptors (Lipinski definition) is 4. The predicted octanol–water partition coefficient (Wildman–Crippen LogP) is 3.21. The summed E-state index contributed by atoms with van der Waals surface area (Å²) in [6, 6.07) is 12.5. The molecule has 0 unspecified atom stereocenters. The summed E-state index contributed by atoms with van der Waals surface area (Å²) in [7, 11) is 0. The Balaban J connectivity index is 0.00000300. The lowest BCUT2D eigenvalue weighted by molar-refractivity contribution is 0.0376. The van der Waals surface area contributed by atoms with Crippen LogP contribution in [-0.2, 0) is 17.7 Å². The fourth-order valence-corrected chi connectivity index (χ4v) is 3.13. The summed E-state index contributed by atoms with van der Waals surface area (Å²) >= 11 is 0. The number of halogens is 1. The zero-order valence-corrected chi connectivity index (χ0v) is 19.6. The minimum absolute atomic E-state index is 0. The minimum atomic E-state index is 0. The van der Waals surface area contributed by atoms with E-state index >= 15 is 0 Å². The van der Waals surface area contributed by atoms with Crippen LogP contribution >= 0.6 is 24.0 Å². The highest BCUT2D eigenvalue weighted by Crippen LogP contribution is 2.04. The van der Waals surface area contributed by atoms with Gasteiger partial charge in [-0.2, -0.15) is 0 Å². The van der Waals surface area contributed by atoms with Gasteiger partial charge in [-0.05, 0) is 37.6 Å². The first-order valence-electron chi connectivity index (χ1n) is 10.2. The maximum atomic E-state index is 5.41. The summed E-state index contributed by atoms with van der Waals surface area (Å²) in [5.74, 6) is 1.84. The van der Waals surface area contributed by atoms with Gasteiger partial charge in [0.25, 0.3) is 0 Å². The molecule has 0 radical (unpaired) electrons. The topological polar surface area (TPSA) is 62.0 Å². The van der Waals surface area contributed by atoms with Gasteiger partial charge in [0, 0.05) is 32.6 Å². The first-order valence-corrected chi connectivity index (χ1v) is 10.2. The third-order valence-corrected chi connectivity index (χ3v) is 4.83. The van der Waals surface area contributed by atoms with Crippen molar-refractivity contribution in [3.63, 3.8) is 0 Å². The van der Waals surface area contributed by atoms with Crippen LogP contribution in [-0.4, -0.2) is 56.8 Å². The van der Waals surface area contributed by atoms with Gasteiger partial charge in [0.2, 0.25) is 0 Å². The molecule has 29 heavy (non-hydrogen) atoms. The second kappa shape index (κ2) is 13.6. The smallest absolute Gasteiger partial charge is 0.191 e. The van der Waals surface area contributed by atoms with Crippen molar-refractivity contribution in [3.05, 3.63) is 59.5 Å². The molecule has 160 valence electrons. The highest BCUT2D eigenvalue weighted by Gasteiger charge is 2.09. The summed E-state index contributed by atoms with van der Waals surface area (Å²) in [6.07, 6.45) is 3.64. The lowest BCUT2D eigenvalue weighted by Crippen LogP contribution is -2.41. The first kappa shape index (κ1) is 23.7. The predicted molar refractivity (Wildman–Crippen MR) is 128 cm³/mol. The molecule has 1 aliphatic rings. The molecule has 0 saturated carbocycles. The van der Waals surface area contributed by atoms with Crippen LogP contribution in [0.2, 0.25) is 0 Å². The Morgan fingerprint density at radius 2 is 1.83 bits per heavy atom. The molecule has 3 rings (SSSR count). The number of nitrogens with zero attached hydrogens (tertiary/aromatic N) is 2. The van der Waals surface area contributed by atoms with Gasteiger partial charge in [-0.15, -0.1) is 24.0 Å². The lowest BCUT2D eigenvalue weighted by atomic mass is 10.1. The van der Waals surface area contributed by atoms with Crippen molar-refractivity contribution in [2.24, 2.45) is 4.99 Å². The van der Waals surface area contributed by atoms with Gasteiger partial charge in [-0.1, -0.05) is 29.8 Å². The fraction of sp³-hybridized carbons (Fsp3) is 0.500. The standard InChI is InChI=1S/C22H32N4O2.HI/c1-19-5-7-20(8-6-19)18-25-22(24-11-9-21-4-2-15-28-21)23-10-3-12-26-13-16-27-17-14-26;/h2,4-8,15H,3,9-14,16-18H2,1H3,(H2,23,24,25);1H. The average Bonchev–Trinajstić information content (AvgIpc) is 3.24. The van der Waals surface area contributed by atoms with E-state index in [9.17, 15) is 0 Å². The highest BCUT2D eigenvalue weighted by molar-refractivity contribution is 14.0. The van der Waals surface area contributed by atoms with Crippen molar-refractivity contribution in [2.45, 2.75) is 26.3 Å². The second-order valence-corrected chi connectivity index (χ2v) is 7.14. The molecule has 1 aromatic carbocycles. The zero-order chi connectivity index (χ0) is 19.4. The Bertz CT molecular complexity index is 698. The summed E-state index contributed by atoms with van der Waals surface area (Å²) in [5, 5.41) is 6.89. The van der Waals surface area contributed by atoms with E-state index < -0.39 is 0 Å². The Kier molecular flexibility index (Phi) is 11.1. The van der Waals surface area contributed by atoms with E-state index in [0.717, 1.165) is 70.5 Å². The van der Waals surface area contributed by atoms with Crippen molar-refractivity contribution in [1.29, 1.82) is 0 Å². The number of hydrogen-bond donors (Lipinski definition) is 2. The van der Waals surface area contributed by atoms with E-state index in [1.54, 1.807) is 6.26 Å². The first-order chi connectivity index (χ1) is 13.8. The third-order valence-electron chi connectivity index (χ3n) is 4.83. The molecule has 1 aromatic heterocycles. The van der Waals surface area contributed by atoms with E-state index in [2.05, 4.69) is 46.7 Å². The van der Waals surface area contributed by atoms with Crippen LogP contribution in [0.15, 0.2) is 52.1 Å². The van der Waals surface area contributed by atoms with Gasteiger partial charge in [0.05, 0.1) is 26.0 Å². The molecular weight excluding hydrogens is 479 g/mol. The molecule has 2 aromatic rings. The van der Waals surface area contributed by atoms with Crippen molar-refractivity contribution in [2.75, 3.05) is 45.9 Å². The van der Waals surface area contributed by atoms with E-state index in [0.29, 0.717) is 6.54 Å². The Morgan fingerprint density at radius 3 is 2.55 bits per heavy atom. The molecule has 0 amide bonds. The van der Waals surface area contributed by atoms with Crippen LogP contribution < -0.4 is 10.6 Å². The van der Waals surface area contributed by atoms with Crippen LogP contribution in [0.1, 0.15) is 23.3 Å². The summed E-state index contributed by atoms with van der Waals surface area (Å²) in [4.78, 5) is 7.21. The maximum Gasteiger partial charge on any atom is 0.191 e. The molecular formula is C22H33IN4O2. The number of nitrogens with one attached hydrogen (secondary N) is 2. The molecule has 0 aliphatic carbocycles. The number of furan rings is 1. The van der Waals surface area contributed by atoms with E-state index in [1.807, 2.05) is 12.1 Å². The normalized spacial score (nSPS) is 15.0. The molecule has 1 saturated heterocycles. The molecule has 2 N–H and O–H groups in total. The van der Waals surface area contributed by atoms with E-state index in [-0.39, 0.29) is 24.0 Å². The van der Waals surface area contributed by atoms with Crippen LogP contribution in [0.25, 0.3) is 0 Å². The fourth-order valence-electron chi connectivity index (χ4n) is 3.13. The van der Waals surface area contributed by atoms with Crippen LogP contribution in [0.5, 0.6) is 0 Å². The SMILES string of the molecule is Cc1ccc(CN=C(NCCCN2CCOCC2)NCCc2ccco2)cc1.I. The molecule has 0 atom stereocenters. The number of morpholine rings is 1. The number of aliphatic imine (C=N–C) groups is 1. The van der Waals surface area contributed by atoms with Gasteiger partial charge >= 0.3 is 0 Å². The Labute approximate surface area is 191 Å². The molecule has 1 fully saturated rings. The van der Waals surface area contributed by atoms with Crippen LogP contribution in [0.4, 0.5) is 0 Å². The molecule has 2 heterocycles. The van der Waals surface area contributed by atoms with E-state index in [4.69, 9.17) is 14.1 Å². The highest BCUT2D eigenvalue weighted by atomic mass is 127. The third kappa shape index (κ3) is 9.18. The average molecular weight is 512 g/mol. The van der Waals surface area contributed by atoms with Crippen molar-refractivity contribution in [3.8, 4) is 0 Å². The number of benzene rings is 1. The van der Waals surface area contributed by atoms with Gasteiger partial charge in [-0.3, -0.25) is 4.90 Å². The van der Waals surface area contributed by atoms with Gasteiger partial charge in [-0.25, -0.2) is 4.99 Å². The minimum Gasteiger partial charge on any atom is -0.469 e. The van der Waals surface area contributed by atoms with Crippen LogP contribution in [0, 0.1) is 6.92 Å². The largest absolute Gasteiger partial charge is 0.469 e. The summed E-state index contributed by atoms with van der Waals surface area (Å²) in [6.45, 7) is 9.33. The van der Waals surface area contributed by atoms with Crippen molar-refractivity contribution >= 4 is 29.9 Å². The molecule has 1 aliphatic heterocycles. The van der Waals surface area contributed by atoms with Gasteiger partial charge in [0.15, 0.2) is 5.96 Å². The number of aryl methyl sites for hydroxylation is 1. The second-order valence-electron chi connectivity index (χ2n) is 7.14.